The van der Waals surface area contributed by atoms with Gasteiger partial charge in [-0.1, -0.05) is 0 Å². The summed E-state index contributed by atoms with van der Waals surface area (Å²) in [5.74, 6) is 1.73. The number of nitrogens with one attached hydrogen (secondary N) is 1. The fourth-order valence-electron chi connectivity index (χ4n) is 3.50. The van der Waals surface area contributed by atoms with Gasteiger partial charge in [0.2, 0.25) is 0 Å². The highest BCUT2D eigenvalue weighted by Gasteiger charge is 2.49. The van der Waals surface area contributed by atoms with E-state index >= 15 is 0 Å². The lowest BCUT2D eigenvalue weighted by molar-refractivity contribution is -0.0223. The first-order chi connectivity index (χ1) is 10.6. The summed E-state index contributed by atoms with van der Waals surface area (Å²) in [7, 11) is 1.90. The zero-order valence-corrected chi connectivity index (χ0v) is 12.1. The third-order valence-corrected chi connectivity index (χ3v) is 4.66. The summed E-state index contributed by atoms with van der Waals surface area (Å²) in [6.45, 7) is 1.03. The fraction of sp³-hybridized carbons (Fsp3) is 0.692. The van der Waals surface area contributed by atoms with Crippen molar-refractivity contribution in [1.82, 2.24) is 15.4 Å². The predicted molar refractivity (Wildman–Crippen MR) is 76.3 cm³/mol. The summed E-state index contributed by atoms with van der Waals surface area (Å²) in [5.41, 5.74) is 4.28. The number of aliphatic hydroxyl groups excluding tert-OH is 3. The smallest absolute Gasteiger partial charge is 0.160 e. The van der Waals surface area contributed by atoms with Gasteiger partial charge in [-0.3, -0.25) is 5.01 Å². The van der Waals surface area contributed by atoms with E-state index in [4.69, 9.17) is 4.74 Å². The second-order valence-electron chi connectivity index (χ2n) is 5.93. The van der Waals surface area contributed by atoms with Gasteiger partial charge in [0.1, 0.15) is 30.5 Å². The van der Waals surface area contributed by atoms with Crippen molar-refractivity contribution in [1.29, 1.82) is 0 Å². The summed E-state index contributed by atoms with van der Waals surface area (Å²) >= 11 is 0. The molecule has 22 heavy (non-hydrogen) atoms. The quantitative estimate of drug-likeness (QED) is 0.482. The highest BCUT2D eigenvalue weighted by Crippen LogP contribution is 2.43. The molecule has 4 N–H and O–H groups in total. The molecule has 1 aromatic rings. The lowest BCUT2D eigenvalue weighted by Gasteiger charge is -2.29. The maximum absolute atomic E-state index is 10.2. The van der Waals surface area contributed by atoms with Gasteiger partial charge in [-0.25, -0.2) is 15.4 Å². The molecule has 3 aliphatic rings. The number of aliphatic hydroxyl groups is 3. The van der Waals surface area contributed by atoms with Crippen molar-refractivity contribution in [2.24, 2.45) is 0 Å². The Morgan fingerprint density at radius 1 is 1.32 bits per heavy atom. The Morgan fingerprint density at radius 2 is 2.09 bits per heavy atom. The zero-order chi connectivity index (χ0) is 15.4. The molecule has 4 heterocycles. The van der Waals surface area contributed by atoms with Crippen LogP contribution in [-0.2, 0) is 4.74 Å². The van der Waals surface area contributed by atoms with Crippen LogP contribution in [0.3, 0.4) is 0 Å². The molecule has 1 aromatic heterocycles. The van der Waals surface area contributed by atoms with Crippen molar-refractivity contribution in [3.63, 3.8) is 0 Å². The largest absolute Gasteiger partial charge is 0.394 e. The molecule has 0 radical (unpaired) electrons. The van der Waals surface area contributed by atoms with E-state index in [1.165, 1.54) is 6.33 Å². The number of ether oxygens (including phenoxy) is 1. The van der Waals surface area contributed by atoms with Gasteiger partial charge in [-0.05, 0) is 0 Å². The van der Waals surface area contributed by atoms with Crippen LogP contribution < -0.4 is 15.3 Å². The van der Waals surface area contributed by atoms with Gasteiger partial charge in [0.05, 0.1) is 6.61 Å². The third kappa shape index (κ3) is 1.83. The highest BCUT2D eigenvalue weighted by molar-refractivity contribution is 5.67. The van der Waals surface area contributed by atoms with Gasteiger partial charge in [0.25, 0.3) is 0 Å². The Hall–Kier alpha value is -1.52. The van der Waals surface area contributed by atoms with Crippen LogP contribution in [0.4, 0.5) is 11.6 Å². The lowest BCUT2D eigenvalue weighted by Crippen LogP contribution is -2.45. The van der Waals surface area contributed by atoms with E-state index in [0.29, 0.717) is 6.54 Å². The monoisotopic (exact) mass is 309 g/mol. The first-order valence-corrected chi connectivity index (χ1v) is 7.33. The molecule has 1 saturated heterocycles. The maximum atomic E-state index is 10.2. The van der Waals surface area contributed by atoms with Gasteiger partial charge in [-0.15, -0.1) is 0 Å². The molecular formula is C13H19N5O4. The second kappa shape index (κ2) is 5.00. The molecule has 9 nitrogen and oxygen atoms in total. The highest BCUT2D eigenvalue weighted by atomic mass is 16.6. The van der Waals surface area contributed by atoms with Crippen LogP contribution in [0.5, 0.6) is 0 Å². The standard InChI is InChI=1S/C13H19N5O4/c1-17-11-8-6(2-16-17)3-18(12(8)15-5-14-11)13-10(21)9(20)7(4-19)22-13/h5-7,9-10,13,16,19-21H,2-4H2,1H3/t6?,7-,9-,10-,13-/m1/s1. The average Bonchev–Trinajstić information content (AvgIpc) is 3.04. The predicted octanol–water partition coefficient (Wildman–Crippen LogP) is -2.23. The van der Waals surface area contributed by atoms with Crippen molar-refractivity contribution in [2.45, 2.75) is 30.5 Å². The van der Waals surface area contributed by atoms with Crippen molar-refractivity contribution in [3.05, 3.63) is 11.9 Å². The van der Waals surface area contributed by atoms with Crippen molar-refractivity contribution in [3.8, 4) is 0 Å². The number of anilines is 2. The molecule has 4 rings (SSSR count). The molecule has 0 amide bonds. The van der Waals surface area contributed by atoms with Crippen molar-refractivity contribution < 1.29 is 20.1 Å². The van der Waals surface area contributed by atoms with Crippen LogP contribution in [0.25, 0.3) is 0 Å². The van der Waals surface area contributed by atoms with Crippen LogP contribution in [0.2, 0.25) is 0 Å². The first-order valence-electron chi connectivity index (χ1n) is 7.33. The molecule has 3 aliphatic heterocycles. The zero-order valence-electron chi connectivity index (χ0n) is 12.1. The Labute approximate surface area is 127 Å². The minimum absolute atomic E-state index is 0.198. The molecule has 9 heteroatoms. The molecule has 1 fully saturated rings. The summed E-state index contributed by atoms with van der Waals surface area (Å²) in [5, 5.41) is 31.3. The number of hydrogen-bond acceptors (Lipinski definition) is 9. The molecule has 5 atom stereocenters. The van der Waals surface area contributed by atoms with Crippen molar-refractivity contribution >= 4 is 11.6 Å². The van der Waals surface area contributed by atoms with Crippen LogP contribution >= 0.6 is 0 Å². The molecule has 120 valence electrons. The van der Waals surface area contributed by atoms with Crippen LogP contribution in [0, 0.1) is 0 Å². The topological polar surface area (TPSA) is 114 Å². The molecule has 0 spiro atoms. The minimum Gasteiger partial charge on any atom is -0.394 e. The number of rotatable bonds is 2. The van der Waals surface area contributed by atoms with E-state index < -0.39 is 24.5 Å². The summed E-state index contributed by atoms with van der Waals surface area (Å²) in [6, 6.07) is 0. The van der Waals surface area contributed by atoms with E-state index in [9.17, 15) is 15.3 Å². The number of nitrogens with zero attached hydrogens (tertiary/aromatic N) is 4. The van der Waals surface area contributed by atoms with E-state index in [-0.39, 0.29) is 12.5 Å². The Bertz CT molecular complexity index is 588. The average molecular weight is 309 g/mol. The normalized spacial score (nSPS) is 36.8. The lowest BCUT2D eigenvalue weighted by atomic mass is 10.0. The van der Waals surface area contributed by atoms with Crippen LogP contribution in [0.1, 0.15) is 11.5 Å². The van der Waals surface area contributed by atoms with Crippen molar-refractivity contribution in [2.75, 3.05) is 36.7 Å². The van der Waals surface area contributed by atoms with Gasteiger partial charge in [-0.2, -0.15) is 0 Å². The first kappa shape index (κ1) is 14.1. The van der Waals surface area contributed by atoms with E-state index in [1.807, 2.05) is 17.0 Å². The van der Waals surface area contributed by atoms with Crippen LogP contribution in [-0.4, -0.2) is 76.6 Å². The fourth-order valence-corrected chi connectivity index (χ4v) is 3.50. The SMILES string of the molecule is CN1NCC2CN([C@@H]3O[C@H](CO)[C@@H](O)[C@H]3O)c3ncnc1c32. The summed E-state index contributed by atoms with van der Waals surface area (Å²) in [4.78, 5) is 10.5. The van der Waals surface area contributed by atoms with E-state index in [1.54, 1.807) is 0 Å². The Kier molecular flexibility index (Phi) is 3.20. The maximum Gasteiger partial charge on any atom is 0.160 e. The molecule has 0 aromatic carbocycles. The molecule has 1 unspecified atom stereocenters. The molecule has 0 aliphatic carbocycles. The summed E-state index contributed by atoms with van der Waals surface area (Å²) < 4.78 is 5.64. The van der Waals surface area contributed by atoms with Gasteiger partial charge in [0, 0.05) is 31.6 Å². The molecule has 0 saturated carbocycles. The van der Waals surface area contributed by atoms with Gasteiger partial charge >= 0.3 is 0 Å². The Balaban J connectivity index is 1.70. The number of hydrogen-bond donors (Lipinski definition) is 4. The minimum atomic E-state index is -1.11. The molecule has 0 bridgehead atoms. The number of aromatic nitrogens is 2. The second-order valence-corrected chi connectivity index (χ2v) is 5.93. The van der Waals surface area contributed by atoms with Gasteiger partial charge < -0.3 is 25.0 Å². The third-order valence-electron chi connectivity index (χ3n) is 4.66. The number of hydrazine groups is 1. The molecular weight excluding hydrogens is 290 g/mol. The summed E-state index contributed by atoms with van der Waals surface area (Å²) in [6.07, 6.45) is -2.22. The van der Waals surface area contributed by atoms with Gasteiger partial charge in [0.15, 0.2) is 12.0 Å². The van der Waals surface area contributed by atoms with Crippen LogP contribution in [0.15, 0.2) is 6.33 Å². The van der Waals surface area contributed by atoms with E-state index in [0.717, 1.165) is 23.7 Å². The van der Waals surface area contributed by atoms with E-state index in [2.05, 4.69) is 15.4 Å². The Morgan fingerprint density at radius 3 is 2.82 bits per heavy atom.